The van der Waals surface area contributed by atoms with Crippen molar-refractivity contribution >= 4 is 12.0 Å². The first kappa shape index (κ1) is 32.9. The van der Waals surface area contributed by atoms with Gasteiger partial charge in [-0.05, 0) is 93.1 Å². The minimum atomic E-state index is -2.96. The first-order valence-corrected chi connectivity index (χ1v) is 14.7. The number of halogens is 2. The summed E-state index contributed by atoms with van der Waals surface area (Å²) in [4.78, 5) is 27.8. The van der Waals surface area contributed by atoms with Crippen LogP contribution in [0.25, 0.3) is 0 Å². The number of hydrogen-bond acceptors (Lipinski definition) is 7. The van der Waals surface area contributed by atoms with E-state index in [-0.39, 0.29) is 30.0 Å². The van der Waals surface area contributed by atoms with Crippen molar-refractivity contribution in [1.82, 2.24) is 15.5 Å². The zero-order valence-corrected chi connectivity index (χ0v) is 25.5. The van der Waals surface area contributed by atoms with E-state index in [1.165, 1.54) is 24.3 Å². The average Bonchev–Trinajstić information content (AvgIpc) is 3.45. The van der Waals surface area contributed by atoms with E-state index in [0.717, 1.165) is 24.1 Å². The van der Waals surface area contributed by atoms with Gasteiger partial charge >= 0.3 is 12.7 Å². The van der Waals surface area contributed by atoms with Crippen molar-refractivity contribution in [3.05, 3.63) is 88.6 Å². The molecule has 0 radical (unpaired) electrons. The number of ether oxygens (including phenoxy) is 3. The lowest BCUT2D eigenvalue weighted by atomic mass is 9.91. The van der Waals surface area contributed by atoms with Gasteiger partial charge in [0.2, 0.25) is 0 Å². The van der Waals surface area contributed by atoms with Crippen molar-refractivity contribution in [3.63, 3.8) is 0 Å². The summed E-state index contributed by atoms with van der Waals surface area (Å²) in [7, 11) is 1.61. The van der Waals surface area contributed by atoms with Gasteiger partial charge in [0.05, 0.1) is 0 Å². The highest BCUT2D eigenvalue weighted by Gasteiger charge is 2.33. The lowest BCUT2D eigenvalue weighted by Gasteiger charge is -2.29. The topological polar surface area (TPSA) is 109 Å². The number of aliphatic hydroxyl groups is 1. The number of nitrogens with one attached hydrogen (secondary N) is 2. The molecule has 11 heteroatoms. The Morgan fingerprint density at radius 1 is 1.16 bits per heavy atom. The van der Waals surface area contributed by atoms with Gasteiger partial charge in [0.1, 0.15) is 23.7 Å². The van der Waals surface area contributed by atoms with E-state index in [1.54, 1.807) is 30.2 Å². The van der Waals surface area contributed by atoms with E-state index >= 15 is 0 Å². The molecule has 1 fully saturated rings. The second kappa shape index (κ2) is 14.7. The van der Waals surface area contributed by atoms with Crippen LogP contribution in [0.3, 0.4) is 0 Å². The Morgan fingerprint density at radius 2 is 1.91 bits per heavy atom. The number of carbonyl (C=O) groups is 2. The van der Waals surface area contributed by atoms with Crippen LogP contribution < -0.4 is 15.4 Å². The molecule has 2 aliphatic rings. The molecule has 2 aromatic rings. The minimum absolute atomic E-state index is 0.0295. The van der Waals surface area contributed by atoms with E-state index in [2.05, 4.69) is 15.4 Å². The van der Waals surface area contributed by atoms with Gasteiger partial charge in [0.15, 0.2) is 0 Å². The van der Waals surface area contributed by atoms with E-state index in [1.807, 2.05) is 39.0 Å². The molecule has 0 spiro atoms. The fourth-order valence-electron chi connectivity index (χ4n) is 5.31. The third-order valence-corrected chi connectivity index (χ3v) is 7.43. The summed E-state index contributed by atoms with van der Waals surface area (Å²) >= 11 is 0. The van der Waals surface area contributed by atoms with Crippen LogP contribution in [-0.2, 0) is 15.9 Å². The van der Waals surface area contributed by atoms with Gasteiger partial charge in [-0.1, -0.05) is 24.3 Å². The number of alkyl halides is 2. The maximum atomic E-state index is 13.2. The first-order chi connectivity index (χ1) is 20.9. The molecule has 3 N–H and O–H groups in total. The smallest absolute Gasteiger partial charge is 0.410 e. The number of methoxy groups -OCH3 is 1. The van der Waals surface area contributed by atoms with E-state index in [0.29, 0.717) is 42.6 Å². The Balaban J connectivity index is 1.54. The van der Waals surface area contributed by atoms with Gasteiger partial charge in [0, 0.05) is 43.9 Å². The van der Waals surface area contributed by atoms with Crippen LogP contribution >= 0.6 is 0 Å². The quantitative estimate of drug-likeness (QED) is 0.309. The van der Waals surface area contributed by atoms with Crippen LogP contribution in [0.15, 0.2) is 66.4 Å². The average molecular weight is 614 g/mol. The molecule has 3 unspecified atom stereocenters. The number of likely N-dealkylation sites (tertiary alicyclic amines) is 1. The predicted molar refractivity (Wildman–Crippen MR) is 161 cm³/mol. The van der Waals surface area contributed by atoms with E-state index in [4.69, 9.17) is 9.47 Å². The van der Waals surface area contributed by atoms with Crippen LogP contribution in [0.1, 0.15) is 73.2 Å². The van der Waals surface area contributed by atoms with Gasteiger partial charge < -0.3 is 34.9 Å². The number of aliphatic hydroxyl groups excluding tert-OH is 1. The summed E-state index contributed by atoms with van der Waals surface area (Å²) in [5.74, 6) is -0.338. The molecular weight excluding hydrogens is 572 g/mol. The molecule has 0 saturated carbocycles. The Morgan fingerprint density at radius 3 is 2.59 bits per heavy atom. The van der Waals surface area contributed by atoms with Crippen molar-refractivity contribution < 1.29 is 37.7 Å². The van der Waals surface area contributed by atoms with Crippen LogP contribution in [-0.4, -0.2) is 66.7 Å². The third-order valence-electron chi connectivity index (χ3n) is 7.43. The Kier molecular flexibility index (Phi) is 11.0. The molecule has 2 aromatic carbocycles. The molecular formula is C33H41F2N3O6. The lowest BCUT2D eigenvalue weighted by molar-refractivity contribution is -0.0498. The summed E-state index contributed by atoms with van der Waals surface area (Å²) in [6, 6.07) is 10.7. The Hall–Kier alpha value is -3.96. The van der Waals surface area contributed by atoms with Crippen LogP contribution in [0.4, 0.5) is 13.6 Å². The highest BCUT2D eigenvalue weighted by atomic mass is 19.3. The lowest BCUT2D eigenvalue weighted by Crippen LogP contribution is -2.40. The van der Waals surface area contributed by atoms with Crippen molar-refractivity contribution in [1.29, 1.82) is 0 Å². The second-order valence-corrected chi connectivity index (χ2v) is 11.8. The Labute approximate surface area is 256 Å². The van der Waals surface area contributed by atoms with Crippen molar-refractivity contribution in [2.75, 3.05) is 20.2 Å². The van der Waals surface area contributed by atoms with Gasteiger partial charge in [-0.2, -0.15) is 8.78 Å². The highest BCUT2D eigenvalue weighted by Crippen LogP contribution is 2.31. The summed E-state index contributed by atoms with van der Waals surface area (Å²) in [6.45, 7) is 3.44. The van der Waals surface area contributed by atoms with Gasteiger partial charge in [-0.3, -0.25) is 4.79 Å². The fraction of sp³-hybridized carbons (Fsp3) is 0.455. The summed E-state index contributed by atoms with van der Waals surface area (Å²) in [5.41, 5.74) is 2.34. The molecule has 44 heavy (non-hydrogen) atoms. The molecule has 0 bridgehead atoms. The number of amides is 2. The number of rotatable bonds is 11. The molecule has 9 nitrogen and oxygen atoms in total. The molecule has 1 saturated heterocycles. The second-order valence-electron chi connectivity index (χ2n) is 11.8. The molecule has 2 aliphatic heterocycles. The molecule has 238 valence electrons. The normalized spacial score (nSPS) is 18.9. The van der Waals surface area contributed by atoms with Gasteiger partial charge in [0.25, 0.3) is 5.91 Å². The molecule has 0 aliphatic carbocycles. The summed E-state index contributed by atoms with van der Waals surface area (Å²) < 4.78 is 40.7. The predicted octanol–water partition coefficient (Wildman–Crippen LogP) is 5.45. The third kappa shape index (κ3) is 9.03. The SMILES string of the molecule is COC1C=CC=C(CCNC(=O)c2ccc(CC3CCCN3C(=O)OC(C)(C)C)c(C(O)c3ccc(OC(F)F)cc3)c2)N1. The molecule has 3 atom stereocenters. The van der Waals surface area contributed by atoms with Crippen LogP contribution in [0.2, 0.25) is 0 Å². The minimum Gasteiger partial charge on any atom is -0.444 e. The highest BCUT2D eigenvalue weighted by molar-refractivity contribution is 5.94. The van der Waals surface area contributed by atoms with Gasteiger partial charge in [-0.15, -0.1) is 0 Å². The first-order valence-electron chi connectivity index (χ1n) is 14.7. The van der Waals surface area contributed by atoms with Gasteiger partial charge in [-0.25, -0.2) is 4.79 Å². The number of benzene rings is 2. The van der Waals surface area contributed by atoms with Crippen molar-refractivity contribution in [3.8, 4) is 5.75 Å². The zero-order chi connectivity index (χ0) is 31.9. The largest absolute Gasteiger partial charge is 0.444 e. The molecule has 0 aromatic heterocycles. The molecule has 2 amide bonds. The van der Waals surface area contributed by atoms with Crippen molar-refractivity contribution in [2.45, 2.75) is 77.0 Å². The number of allylic oxidation sites excluding steroid dienone is 2. The summed E-state index contributed by atoms with van der Waals surface area (Å²) in [6.07, 6.45) is 6.53. The number of dihydropyridines is 1. The maximum absolute atomic E-state index is 13.2. The number of carbonyl (C=O) groups excluding carboxylic acids is 2. The van der Waals surface area contributed by atoms with E-state index < -0.39 is 18.3 Å². The molecule has 2 heterocycles. The standard InChI is InChI=1S/C33H41F2N3O6/c1-33(2,3)44-32(41)38-18-6-8-25(38)19-22-10-11-23(30(40)36-17-16-24-7-5-9-28(37-24)42-4)20-27(22)29(39)21-12-14-26(15-13-21)43-31(34)35/h5,7,9-15,20,25,28-29,31,37,39H,6,8,16-19H2,1-4H3,(H,36,40). The fourth-order valence-corrected chi connectivity index (χ4v) is 5.31. The van der Waals surface area contributed by atoms with Crippen LogP contribution in [0, 0.1) is 0 Å². The summed E-state index contributed by atoms with van der Waals surface area (Å²) in [5, 5.41) is 17.6. The van der Waals surface area contributed by atoms with Crippen molar-refractivity contribution in [2.24, 2.45) is 0 Å². The monoisotopic (exact) mass is 613 g/mol. The molecule has 4 rings (SSSR count). The Bertz CT molecular complexity index is 1360. The number of nitrogens with zero attached hydrogens (tertiary/aromatic N) is 1. The number of hydrogen-bond donors (Lipinski definition) is 3. The van der Waals surface area contributed by atoms with E-state index in [9.17, 15) is 23.5 Å². The van der Waals surface area contributed by atoms with Crippen LogP contribution in [0.5, 0.6) is 5.75 Å². The zero-order valence-electron chi connectivity index (χ0n) is 25.5. The maximum Gasteiger partial charge on any atom is 0.410 e.